The average Bonchev–Trinajstić information content (AvgIpc) is 2.15. The van der Waals surface area contributed by atoms with E-state index < -0.39 is 0 Å². The largest absolute Gasteiger partial charge is 0.313 e. The van der Waals surface area contributed by atoms with Crippen LogP contribution in [-0.4, -0.2) is 37.6 Å². The van der Waals surface area contributed by atoms with Gasteiger partial charge in [0.05, 0.1) is 0 Å². The minimum absolute atomic E-state index is 0.811. The van der Waals surface area contributed by atoms with Gasteiger partial charge in [0.25, 0.3) is 0 Å². The summed E-state index contributed by atoms with van der Waals surface area (Å²) in [4.78, 5) is 2.50. The van der Waals surface area contributed by atoms with Crippen LogP contribution >= 0.6 is 0 Å². The smallest absolute Gasteiger partial charge is 0.0132 e. The lowest BCUT2D eigenvalue weighted by Crippen LogP contribution is -2.38. The lowest BCUT2D eigenvalue weighted by molar-refractivity contribution is 0.176. The summed E-state index contributed by atoms with van der Waals surface area (Å²) in [5, 5.41) is 3.36. The van der Waals surface area contributed by atoms with Gasteiger partial charge in [-0.2, -0.15) is 0 Å². The highest BCUT2D eigenvalue weighted by Crippen LogP contribution is 2.16. The van der Waals surface area contributed by atoms with Gasteiger partial charge in [0, 0.05) is 12.6 Å². The Bertz CT molecular complexity index is 145. The van der Waals surface area contributed by atoms with Gasteiger partial charge in [-0.25, -0.2) is 0 Å². The Morgan fingerprint density at radius 2 is 2.38 bits per heavy atom. The number of hydrogen-bond acceptors (Lipinski definition) is 2. The molecule has 1 heterocycles. The molecular formula is C11H22N2. The molecule has 2 nitrogen and oxygen atoms in total. The van der Waals surface area contributed by atoms with E-state index in [0.29, 0.717) is 0 Å². The third-order valence-electron chi connectivity index (χ3n) is 2.86. The molecule has 1 unspecified atom stereocenters. The SMILES string of the molecule is C=CCNCCC1CCCCN1C. The van der Waals surface area contributed by atoms with Crippen molar-refractivity contribution in [2.75, 3.05) is 26.7 Å². The molecule has 1 rings (SSSR count). The first-order valence-electron chi connectivity index (χ1n) is 5.36. The Kier molecular flexibility index (Phi) is 5.09. The number of hydrogen-bond donors (Lipinski definition) is 1. The van der Waals surface area contributed by atoms with Crippen molar-refractivity contribution in [3.63, 3.8) is 0 Å². The van der Waals surface area contributed by atoms with Crippen LogP contribution in [0.2, 0.25) is 0 Å². The normalized spacial score (nSPS) is 24.5. The van der Waals surface area contributed by atoms with Crippen molar-refractivity contribution < 1.29 is 0 Å². The molecule has 0 aromatic carbocycles. The van der Waals surface area contributed by atoms with E-state index in [0.717, 1.165) is 19.1 Å². The highest BCUT2D eigenvalue weighted by molar-refractivity contribution is 4.76. The second-order valence-corrected chi connectivity index (χ2v) is 3.91. The third-order valence-corrected chi connectivity index (χ3v) is 2.86. The minimum atomic E-state index is 0.811. The van der Waals surface area contributed by atoms with Crippen LogP contribution in [0.15, 0.2) is 12.7 Å². The van der Waals surface area contributed by atoms with E-state index in [1.165, 1.54) is 32.2 Å². The zero-order chi connectivity index (χ0) is 9.52. The maximum absolute atomic E-state index is 3.69. The van der Waals surface area contributed by atoms with E-state index in [4.69, 9.17) is 0 Å². The maximum Gasteiger partial charge on any atom is 0.0132 e. The summed E-state index contributed by atoms with van der Waals surface area (Å²) in [6.45, 7) is 7.04. The van der Waals surface area contributed by atoms with Gasteiger partial charge < -0.3 is 10.2 Å². The number of likely N-dealkylation sites (tertiary alicyclic amines) is 1. The Morgan fingerprint density at radius 3 is 3.08 bits per heavy atom. The van der Waals surface area contributed by atoms with Crippen LogP contribution in [0.5, 0.6) is 0 Å². The van der Waals surface area contributed by atoms with E-state index in [1.54, 1.807) is 0 Å². The molecule has 0 radical (unpaired) electrons. The molecule has 1 fully saturated rings. The molecule has 76 valence electrons. The maximum atomic E-state index is 3.69. The standard InChI is InChI=1S/C11H22N2/c1-3-8-12-9-7-11-6-4-5-10-13(11)2/h3,11-12H,1,4-10H2,2H3. The molecule has 0 bridgehead atoms. The lowest BCUT2D eigenvalue weighted by atomic mass is 10.0. The van der Waals surface area contributed by atoms with Crippen molar-refractivity contribution in [2.45, 2.75) is 31.7 Å². The van der Waals surface area contributed by atoms with Gasteiger partial charge in [0.2, 0.25) is 0 Å². The van der Waals surface area contributed by atoms with E-state index in [2.05, 4.69) is 23.8 Å². The fourth-order valence-electron chi connectivity index (χ4n) is 1.98. The van der Waals surface area contributed by atoms with Crippen molar-refractivity contribution in [2.24, 2.45) is 0 Å². The zero-order valence-electron chi connectivity index (χ0n) is 8.76. The van der Waals surface area contributed by atoms with Crippen LogP contribution in [0.25, 0.3) is 0 Å². The monoisotopic (exact) mass is 182 g/mol. The molecule has 1 aliphatic heterocycles. The molecule has 0 aliphatic carbocycles. The Balaban J connectivity index is 2.08. The van der Waals surface area contributed by atoms with E-state index in [-0.39, 0.29) is 0 Å². The van der Waals surface area contributed by atoms with Gasteiger partial charge in [-0.1, -0.05) is 12.5 Å². The molecule has 1 atom stereocenters. The number of nitrogens with zero attached hydrogens (tertiary/aromatic N) is 1. The number of rotatable bonds is 5. The van der Waals surface area contributed by atoms with Crippen LogP contribution in [0.1, 0.15) is 25.7 Å². The highest BCUT2D eigenvalue weighted by Gasteiger charge is 2.17. The van der Waals surface area contributed by atoms with Crippen LogP contribution in [0.4, 0.5) is 0 Å². The summed E-state index contributed by atoms with van der Waals surface area (Å²) < 4.78 is 0. The van der Waals surface area contributed by atoms with Gasteiger partial charge in [-0.15, -0.1) is 6.58 Å². The zero-order valence-corrected chi connectivity index (χ0v) is 8.76. The molecule has 0 aromatic heterocycles. The third kappa shape index (κ3) is 3.92. The Morgan fingerprint density at radius 1 is 1.54 bits per heavy atom. The van der Waals surface area contributed by atoms with Gasteiger partial charge >= 0.3 is 0 Å². The molecule has 1 saturated heterocycles. The Labute approximate surface area is 82.0 Å². The number of nitrogens with one attached hydrogen (secondary N) is 1. The first-order chi connectivity index (χ1) is 6.34. The summed E-state index contributed by atoms with van der Waals surface area (Å²) in [5.74, 6) is 0. The highest BCUT2D eigenvalue weighted by atomic mass is 15.1. The van der Waals surface area contributed by atoms with E-state index in [1.807, 2.05) is 6.08 Å². The molecule has 1 aliphatic rings. The molecule has 2 heteroatoms. The lowest BCUT2D eigenvalue weighted by Gasteiger charge is -2.32. The topological polar surface area (TPSA) is 15.3 Å². The Hall–Kier alpha value is -0.340. The molecule has 0 saturated carbocycles. The molecule has 0 amide bonds. The van der Waals surface area contributed by atoms with Gasteiger partial charge in [0.15, 0.2) is 0 Å². The summed E-state index contributed by atoms with van der Waals surface area (Å²) in [5.41, 5.74) is 0. The van der Waals surface area contributed by atoms with Crippen LogP contribution in [-0.2, 0) is 0 Å². The average molecular weight is 182 g/mol. The fourth-order valence-corrected chi connectivity index (χ4v) is 1.98. The fraction of sp³-hybridized carbons (Fsp3) is 0.818. The molecule has 0 spiro atoms. The summed E-state index contributed by atoms with van der Waals surface area (Å²) in [6.07, 6.45) is 7.38. The van der Waals surface area contributed by atoms with Crippen molar-refractivity contribution in [3.05, 3.63) is 12.7 Å². The second kappa shape index (κ2) is 6.17. The van der Waals surface area contributed by atoms with Crippen molar-refractivity contribution >= 4 is 0 Å². The minimum Gasteiger partial charge on any atom is -0.313 e. The van der Waals surface area contributed by atoms with Crippen molar-refractivity contribution in [3.8, 4) is 0 Å². The van der Waals surface area contributed by atoms with Crippen LogP contribution < -0.4 is 5.32 Å². The first kappa shape index (κ1) is 10.7. The molecular weight excluding hydrogens is 160 g/mol. The molecule has 1 N–H and O–H groups in total. The second-order valence-electron chi connectivity index (χ2n) is 3.91. The summed E-state index contributed by atoms with van der Waals surface area (Å²) in [6, 6.07) is 0.811. The van der Waals surface area contributed by atoms with Gasteiger partial charge in [0.1, 0.15) is 0 Å². The van der Waals surface area contributed by atoms with Crippen molar-refractivity contribution in [1.29, 1.82) is 0 Å². The van der Waals surface area contributed by atoms with Crippen LogP contribution in [0, 0.1) is 0 Å². The molecule has 13 heavy (non-hydrogen) atoms. The number of piperidine rings is 1. The first-order valence-corrected chi connectivity index (χ1v) is 5.36. The van der Waals surface area contributed by atoms with Crippen molar-refractivity contribution in [1.82, 2.24) is 10.2 Å². The van der Waals surface area contributed by atoms with E-state index >= 15 is 0 Å². The van der Waals surface area contributed by atoms with Gasteiger partial charge in [-0.3, -0.25) is 0 Å². The predicted molar refractivity (Wildman–Crippen MR) is 58.0 cm³/mol. The van der Waals surface area contributed by atoms with Gasteiger partial charge in [-0.05, 0) is 39.4 Å². The van der Waals surface area contributed by atoms with Crippen LogP contribution in [0.3, 0.4) is 0 Å². The predicted octanol–water partition coefficient (Wildman–Crippen LogP) is 1.64. The van der Waals surface area contributed by atoms with E-state index in [9.17, 15) is 0 Å². The summed E-state index contributed by atoms with van der Waals surface area (Å²) in [7, 11) is 2.25. The molecule has 0 aromatic rings. The quantitative estimate of drug-likeness (QED) is 0.513. The summed E-state index contributed by atoms with van der Waals surface area (Å²) >= 11 is 0.